The Labute approximate surface area is 103 Å². The SMILES string of the molecule is COc1ccc2[nH]cc(C(=O)C=CC(=O)O)c2c1. The third-order valence-electron chi connectivity index (χ3n) is 2.53. The summed E-state index contributed by atoms with van der Waals surface area (Å²) in [4.78, 5) is 25.1. The Hall–Kier alpha value is -2.56. The topological polar surface area (TPSA) is 79.4 Å². The zero-order valence-corrected chi connectivity index (χ0v) is 9.64. The number of rotatable bonds is 4. The van der Waals surface area contributed by atoms with Crippen LogP contribution in [0.5, 0.6) is 5.75 Å². The van der Waals surface area contributed by atoms with E-state index in [1.165, 1.54) is 0 Å². The molecule has 1 aromatic heterocycles. The lowest BCUT2D eigenvalue weighted by atomic mass is 10.1. The number of fused-ring (bicyclic) bond motifs is 1. The maximum Gasteiger partial charge on any atom is 0.328 e. The van der Waals surface area contributed by atoms with Gasteiger partial charge >= 0.3 is 5.97 Å². The minimum absolute atomic E-state index is 0.364. The van der Waals surface area contributed by atoms with E-state index >= 15 is 0 Å². The number of allylic oxidation sites excluding steroid dienone is 1. The smallest absolute Gasteiger partial charge is 0.328 e. The van der Waals surface area contributed by atoms with Gasteiger partial charge in [-0.2, -0.15) is 0 Å². The van der Waals surface area contributed by atoms with E-state index in [4.69, 9.17) is 9.84 Å². The predicted octanol–water partition coefficient (Wildman–Crippen LogP) is 2.00. The number of carbonyl (C=O) groups is 2. The lowest BCUT2D eigenvalue weighted by molar-refractivity contribution is -0.131. The quantitative estimate of drug-likeness (QED) is 0.637. The molecule has 0 bridgehead atoms. The number of hydrogen-bond donors (Lipinski definition) is 2. The molecule has 1 aromatic carbocycles. The number of carboxylic acid groups (broad SMARTS) is 1. The van der Waals surface area contributed by atoms with Crippen LogP contribution in [0.4, 0.5) is 0 Å². The number of nitrogens with one attached hydrogen (secondary N) is 1. The Balaban J connectivity index is 2.44. The number of hydrogen-bond acceptors (Lipinski definition) is 3. The van der Waals surface area contributed by atoms with Gasteiger partial charge in [0.2, 0.25) is 0 Å². The average molecular weight is 245 g/mol. The Morgan fingerprint density at radius 2 is 2.11 bits per heavy atom. The lowest BCUT2D eigenvalue weighted by Gasteiger charge is -1.99. The summed E-state index contributed by atoms with van der Waals surface area (Å²) in [7, 11) is 1.54. The number of aromatic nitrogens is 1. The van der Waals surface area contributed by atoms with Crippen LogP contribution in [0.25, 0.3) is 10.9 Å². The van der Waals surface area contributed by atoms with Crippen molar-refractivity contribution in [1.29, 1.82) is 0 Å². The molecule has 0 saturated heterocycles. The molecule has 0 amide bonds. The van der Waals surface area contributed by atoms with Crippen LogP contribution in [0, 0.1) is 0 Å². The molecule has 0 spiro atoms. The van der Waals surface area contributed by atoms with Crippen molar-refractivity contribution in [1.82, 2.24) is 4.98 Å². The van der Waals surface area contributed by atoms with Crippen molar-refractivity contribution in [2.75, 3.05) is 7.11 Å². The molecule has 0 aliphatic heterocycles. The highest BCUT2D eigenvalue weighted by Crippen LogP contribution is 2.24. The molecule has 0 aliphatic rings. The van der Waals surface area contributed by atoms with Crippen LogP contribution in [0.15, 0.2) is 36.5 Å². The highest BCUT2D eigenvalue weighted by atomic mass is 16.5. The fraction of sp³-hybridized carbons (Fsp3) is 0.0769. The summed E-state index contributed by atoms with van der Waals surface area (Å²) in [6, 6.07) is 5.31. The van der Waals surface area contributed by atoms with Crippen LogP contribution in [-0.2, 0) is 4.79 Å². The first-order chi connectivity index (χ1) is 8.61. The van der Waals surface area contributed by atoms with E-state index in [0.29, 0.717) is 16.7 Å². The zero-order chi connectivity index (χ0) is 13.1. The minimum atomic E-state index is -1.15. The van der Waals surface area contributed by atoms with Gasteiger partial charge in [-0.15, -0.1) is 0 Å². The van der Waals surface area contributed by atoms with Gasteiger partial charge in [-0.05, 0) is 24.3 Å². The Morgan fingerprint density at radius 1 is 1.33 bits per heavy atom. The maximum atomic E-state index is 11.8. The Kier molecular flexibility index (Phi) is 3.14. The number of aliphatic carboxylic acids is 1. The molecule has 5 nitrogen and oxygen atoms in total. The monoisotopic (exact) mass is 245 g/mol. The molecule has 0 saturated carbocycles. The van der Waals surface area contributed by atoms with E-state index in [2.05, 4.69) is 4.98 Å². The summed E-state index contributed by atoms with van der Waals surface area (Å²) < 4.78 is 5.09. The molecule has 0 fully saturated rings. The van der Waals surface area contributed by atoms with Crippen molar-refractivity contribution in [3.05, 3.63) is 42.1 Å². The van der Waals surface area contributed by atoms with E-state index < -0.39 is 5.97 Å². The van der Waals surface area contributed by atoms with Crippen LogP contribution in [0.3, 0.4) is 0 Å². The molecule has 2 rings (SSSR count). The van der Waals surface area contributed by atoms with Gasteiger partial charge < -0.3 is 14.8 Å². The molecule has 18 heavy (non-hydrogen) atoms. The highest BCUT2D eigenvalue weighted by molar-refractivity contribution is 6.14. The summed E-state index contributed by atoms with van der Waals surface area (Å²) in [5.41, 5.74) is 1.21. The van der Waals surface area contributed by atoms with E-state index in [1.54, 1.807) is 31.5 Å². The molecular formula is C13H11NO4. The van der Waals surface area contributed by atoms with Crippen molar-refractivity contribution in [3.8, 4) is 5.75 Å². The van der Waals surface area contributed by atoms with Gasteiger partial charge in [0, 0.05) is 28.7 Å². The summed E-state index contributed by atoms with van der Waals surface area (Å²) in [6.07, 6.45) is 3.41. The van der Waals surface area contributed by atoms with Crippen molar-refractivity contribution in [2.24, 2.45) is 0 Å². The third-order valence-corrected chi connectivity index (χ3v) is 2.53. The molecule has 2 aromatic rings. The number of ketones is 1. The van der Waals surface area contributed by atoms with Gasteiger partial charge in [-0.3, -0.25) is 4.79 Å². The first-order valence-corrected chi connectivity index (χ1v) is 5.22. The van der Waals surface area contributed by atoms with Gasteiger partial charge in [0.25, 0.3) is 0 Å². The number of H-pyrrole nitrogens is 1. The van der Waals surface area contributed by atoms with Crippen molar-refractivity contribution in [2.45, 2.75) is 0 Å². The maximum absolute atomic E-state index is 11.8. The second-order valence-electron chi connectivity index (χ2n) is 3.65. The van der Waals surface area contributed by atoms with Gasteiger partial charge in [-0.1, -0.05) is 0 Å². The normalized spacial score (nSPS) is 10.9. The van der Waals surface area contributed by atoms with Crippen LogP contribution < -0.4 is 4.74 Å². The van der Waals surface area contributed by atoms with Gasteiger partial charge in [-0.25, -0.2) is 4.79 Å². The van der Waals surface area contributed by atoms with Crippen LogP contribution in [0.1, 0.15) is 10.4 Å². The second-order valence-corrected chi connectivity index (χ2v) is 3.65. The number of carboxylic acids is 1. The molecule has 1 heterocycles. The standard InChI is InChI=1S/C13H11NO4/c1-18-8-2-3-11-9(6-8)10(7-14-11)12(15)4-5-13(16)17/h2-7,14H,1H3,(H,16,17). The number of methoxy groups -OCH3 is 1. The molecule has 5 heteroatoms. The Bertz CT molecular complexity index is 639. The first kappa shape index (κ1) is 11.9. The third kappa shape index (κ3) is 2.24. The van der Waals surface area contributed by atoms with E-state index in [1.807, 2.05) is 0 Å². The first-order valence-electron chi connectivity index (χ1n) is 5.22. The molecule has 2 N–H and O–H groups in total. The van der Waals surface area contributed by atoms with Gasteiger partial charge in [0.1, 0.15) is 5.75 Å². The fourth-order valence-electron chi connectivity index (χ4n) is 1.67. The van der Waals surface area contributed by atoms with Crippen molar-refractivity contribution >= 4 is 22.7 Å². The number of aromatic amines is 1. The molecule has 0 radical (unpaired) electrons. The molecule has 0 unspecified atom stereocenters. The minimum Gasteiger partial charge on any atom is -0.497 e. The summed E-state index contributed by atoms with van der Waals surface area (Å²) >= 11 is 0. The largest absolute Gasteiger partial charge is 0.497 e. The second kappa shape index (κ2) is 4.75. The lowest BCUT2D eigenvalue weighted by Crippen LogP contribution is -1.95. The summed E-state index contributed by atoms with van der Waals surface area (Å²) in [6.45, 7) is 0. The van der Waals surface area contributed by atoms with Crippen LogP contribution >= 0.6 is 0 Å². The van der Waals surface area contributed by atoms with E-state index in [9.17, 15) is 9.59 Å². The highest BCUT2D eigenvalue weighted by Gasteiger charge is 2.10. The molecule has 0 atom stereocenters. The summed E-state index contributed by atoms with van der Waals surface area (Å²) in [5.74, 6) is -0.879. The molecular weight excluding hydrogens is 234 g/mol. The van der Waals surface area contributed by atoms with E-state index in [0.717, 1.165) is 17.7 Å². The van der Waals surface area contributed by atoms with Crippen molar-refractivity contribution in [3.63, 3.8) is 0 Å². The molecule has 0 aliphatic carbocycles. The number of benzene rings is 1. The summed E-state index contributed by atoms with van der Waals surface area (Å²) in [5, 5.41) is 9.19. The fourth-order valence-corrected chi connectivity index (χ4v) is 1.67. The average Bonchev–Trinajstić information content (AvgIpc) is 2.78. The van der Waals surface area contributed by atoms with E-state index in [-0.39, 0.29) is 5.78 Å². The van der Waals surface area contributed by atoms with Gasteiger partial charge in [0.05, 0.1) is 7.11 Å². The predicted molar refractivity (Wildman–Crippen MR) is 66.0 cm³/mol. The Morgan fingerprint density at radius 3 is 2.78 bits per heavy atom. The van der Waals surface area contributed by atoms with Crippen molar-refractivity contribution < 1.29 is 19.4 Å². The zero-order valence-electron chi connectivity index (χ0n) is 9.64. The van der Waals surface area contributed by atoms with Gasteiger partial charge in [0.15, 0.2) is 5.78 Å². The van der Waals surface area contributed by atoms with Crippen LogP contribution in [-0.4, -0.2) is 29.0 Å². The van der Waals surface area contributed by atoms with Crippen LogP contribution in [0.2, 0.25) is 0 Å². The number of carbonyl (C=O) groups excluding carboxylic acids is 1. The number of ether oxygens (including phenoxy) is 1. The molecule has 92 valence electrons.